The summed E-state index contributed by atoms with van der Waals surface area (Å²) in [5.41, 5.74) is 1.05. The molecule has 0 spiro atoms. The Morgan fingerprint density at radius 3 is 2.38 bits per heavy atom. The Balaban J connectivity index is 2.34. The minimum Gasteiger partial charge on any atom is -0.497 e. The Hall–Kier alpha value is -2.78. The second-order valence-corrected chi connectivity index (χ2v) is 10.3. The Bertz CT molecular complexity index is 1080. The number of hydrogen-bond donors (Lipinski definition) is 1. The largest absolute Gasteiger partial charge is 0.497 e. The number of carbonyl (C=O) groups excluding carboxylic acids is 2. The van der Waals surface area contributed by atoms with Crippen LogP contribution in [0.5, 0.6) is 5.75 Å². The highest BCUT2D eigenvalue weighted by Gasteiger charge is 2.30. The molecule has 1 atom stereocenters. The van der Waals surface area contributed by atoms with Crippen LogP contribution in [0.3, 0.4) is 0 Å². The Labute approximate surface area is 206 Å². The van der Waals surface area contributed by atoms with E-state index < -0.39 is 28.5 Å². The maximum Gasteiger partial charge on any atom is 0.244 e. The van der Waals surface area contributed by atoms with Crippen molar-refractivity contribution >= 4 is 39.1 Å². The molecule has 0 aliphatic rings. The van der Waals surface area contributed by atoms with Gasteiger partial charge >= 0.3 is 0 Å². The lowest BCUT2D eigenvalue weighted by molar-refractivity contribution is -0.139. The number of sulfonamides is 1. The number of rotatable bonds is 12. The molecule has 34 heavy (non-hydrogen) atoms. The van der Waals surface area contributed by atoms with E-state index in [1.165, 1.54) is 12.0 Å². The summed E-state index contributed by atoms with van der Waals surface area (Å²) in [4.78, 5) is 27.6. The third-order valence-corrected chi connectivity index (χ3v) is 6.65. The van der Waals surface area contributed by atoms with Gasteiger partial charge in [0.2, 0.25) is 21.8 Å². The molecule has 0 bridgehead atoms. The number of hydrogen-bond acceptors (Lipinski definition) is 5. The van der Waals surface area contributed by atoms with E-state index in [-0.39, 0.29) is 12.5 Å². The first-order valence-electron chi connectivity index (χ1n) is 11.0. The number of nitrogens with zero attached hydrogens (tertiary/aromatic N) is 2. The van der Waals surface area contributed by atoms with Crippen LogP contribution in [0.2, 0.25) is 5.02 Å². The van der Waals surface area contributed by atoms with Crippen molar-refractivity contribution in [2.75, 3.05) is 30.8 Å². The Kier molecular flexibility index (Phi) is 10.2. The van der Waals surface area contributed by atoms with Gasteiger partial charge in [-0.25, -0.2) is 8.42 Å². The lowest BCUT2D eigenvalue weighted by atomic mass is 10.1. The molecule has 0 fully saturated rings. The van der Waals surface area contributed by atoms with Gasteiger partial charge in [-0.15, -0.1) is 0 Å². The summed E-state index contributed by atoms with van der Waals surface area (Å²) >= 11 is 6.10. The molecular formula is C24H32ClN3O5S. The van der Waals surface area contributed by atoms with Crippen LogP contribution in [-0.2, 0) is 26.2 Å². The average Bonchev–Trinajstić information content (AvgIpc) is 2.80. The summed E-state index contributed by atoms with van der Waals surface area (Å²) in [7, 11) is -2.28. The van der Waals surface area contributed by atoms with Crippen molar-refractivity contribution in [2.24, 2.45) is 0 Å². The summed E-state index contributed by atoms with van der Waals surface area (Å²) in [6.07, 6.45) is 2.78. The van der Waals surface area contributed by atoms with Crippen molar-refractivity contribution in [1.82, 2.24) is 10.2 Å². The topological polar surface area (TPSA) is 96.0 Å². The maximum atomic E-state index is 13.4. The van der Waals surface area contributed by atoms with Gasteiger partial charge in [-0.05, 0) is 55.3 Å². The van der Waals surface area contributed by atoms with Crippen LogP contribution in [0.15, 0.2) is 48.5 Å². The first kappa shape index (κ1) is 27.5. The minimum absolute atomic E-state index is 0.0992. The summed E-state index contributed by atoms with van der Waals surface area (Å²) in [6.45, 7) is 3.78. The van der Waals surface area contributed by atoms with Gasteiger partial charge in [0.15, 0.2) is 0 Å². The molecule has 8 nitrogen and oxygen atoms in total. The van der Waals surface area contributed by atoms with E-state index in [1.807, 2.05) is 6.92 Å². The Morgan fingerprint density at radius 2 is 1.82 bits per heavy atom. The van der Waals surface area contributed by atoms with Crippen molar-refractivity contribution in [1.29, 1.82) is 0 Å². The van der Waals surface area contributed by atoms with Gasteiger partial charge in [-0.1, -0.05) is 37.1 Å². The molecule has 2 amide bonds. The average molecular weight is 510 g/mol. The highest BCUT2D eigenvalue weighted by atomic mass is 35.5. The van der Waals surface area contributed by atoms with Gasteiger partial charge in [0.1, 0.15) is 18.3 Å². The highest BCUT2D eigenvalue weighted by molar-refractivity contribution is 7.92. The lowest BCUT2D eigenvalue weighted by Crippen LogP contribution is -2.51. The number of anilines is 1. The molecular weight excluding hydrogens is 478 g/mol. The van der Waals surface area contributed by atoms with E-state index in [0.717, 1.165) is 29.0 Å². The normalized spacial score (nSPS) is 12.0. The van der Waals surface area contributed by atoms with E-state index >= 15 is 0 Å². The van der Waals surface area contributed by atoms with E-state index in [4.69, 9.17) is 16.3 Å². The van der Waals surface area contributed by atoms with Crippen molar-refractivity contribution in [3.8, 4) is 5.75 Å². The lowest BCUT2D eigenvalue weighted by Gasteiger charge is -2.31. The van der Waals surface area contributed by atoms with Crippen LogP contribution in [0.1, 0.15) is 32.3 Å². The zero-order valence-corrected chi connectivity index (χ0v) is 21.5. The van der Waals surface area contributed by atoms with Crippen LogP contribution in [0.4, 0.5) is 5.69 Å². The maximum absolute atomic E-state index is 13.4. The molecule has 2 aromatic carbocycles. The number of carbonyl (C=O) groups is 2. The quantitative estimate of drug-likeness (QED) is 0.442. The van der Waals surface area contributed by atoms with E-state index in [2.05, 4.69) is 5.32 Å². The predicted molar refractivity (Wildman–Crippen MR) is 135 cm³/mol. The number of nitrogens with one attached hydrogen (secondary N) is 1. The van der Waals surface area contributed by atoms with E-state index in [9.17, 15) is 18.0 Å². The van der Waals surface area contributed by atoms with E-state index in [1.54, 1.807) is 55.5 Å². The van der Waals surface area contributed by atoms with Crippen molar-refractivity contribution < 1.29 is 22.7 Å². The molecule has 0 aliphatic carbocycles. The van der Waals surface area contributed by atoms with Crippen molar-refractivity contribution in [2.45, 2.75) is 39.3 Å². The number of amides is 2. The van der Waals surface area contributed by atoms with Gasteiger partial charge in [-0.3, -0.25) is 13.9 Å². The minimum atomic E-state index is -3.79. The highest BCUT2D eigenvalue weighted by Crippen LogP contribution is 2.22. The number of methoxy groups -OCH3 is 1. The van der Waals surface area contributed by atoms with Crippen molar-refractivity contribution in [3.05, 3.63) is 59.1 Å². The SMILES string of the molecule is CCCCNC(=O)[C@@H](C)N(Cc1cccc(Cl)c1)C(=O)CN(c1ccc(OC)cc1)S(C)(=O)=O. The van der Waals surface area contributed by atoms with Crippen LogP contribution in [-0.4, -0.2) is 57.6 Å². The van der Waals surface area contributed by atoms with Crippen LogP contribution < -0.4 is 14.4 Å². The molecule has 0 radical (unpaired) electrons. The fourth-order valence-corrected chi connectivity index (χ4v) is 4.38. The molecule has 186 valence electrons. The first-order valence-corrected chi connectivity index (χ1v) is 13.2. The smallest absolute Gasteiger partial charge is 0.244 e. The molecule has 10 heteroatoms. The van der Waals surface area contributed by atoms with Crippen LogP contribution in [0.25, 0.3) is 0 Å². The first-order chi connectivity index (χ1) is 16.1. The second-order valence-electron chi connectivity index (χ2n) is 7.94. The monoisotopic (exact) mass is 509 g/mol. The molecule has 2 rings (SSSR count). The summed E-state index contributed by atoms with van der Waals surface area (Å²) in [5, 5.41) is 3.34. The van der Waals surface area contributed by atoms with Gasteiger partial charge in [-0.2, -0.15) is 0 Å². The number of benzene rings is 2. The molecule has 1 N–H and O–H groups in total. The van der Waals surface area contributed by atoms with Gasteiger partial charge < -0.3 is 15.0 Å². The number of halogens is 1. The third kappa shape index (κ3) is 7.92. The fraction of sp³-hybridized carbons (Fsp3) is 0.417. The molecule has 0 aliphatic heterocycles. The van der Waals surface area contributed by atoms with Gasteiger partial charge in [0, 0.05) is 18.1 Å². The Morgan fingerprint density at radius 1 is 1.15 bits per heavy atom. The van der Waals surface area contributed by atoms with Crippen LogP contribution in [0, 0.1) is 0 Å². The fourth-order valence-electron chi connectivity index (χ4n) is 3.31. The molecule has 0 aromatic heterocycles. The molecule has 0 saturated heterocycles. The summed E-state index contributed by atoms with van der Waals surface area (Å²) < 4.78 is 31.3. The van der Waals surface area contributed by atoms with Crippen molar-refractivity contribution in [3.63, 3.8) is 0 Å². The van der Waals surface area contributed by atoms with Gasteiger partial charge in [0.25, 0.3) is 0 Å². The predicted octanol–water partition coefficient (Wildman–Crippen LogP) is 3.45. The van der Waals surface area contributed by atoms with Gasteiger partial charge in [0.05, 0.1) is 19.1 Å². The third-order valence-electron chi connectivity index (χ3n) is 5.28. The molecule has 0 saturated carbocycles. The summed E-state index contributed by atoms with van der Waals surface area (Å²) in [5.74, 6) is -0.262. The zero-order valence-electron chi connectivity index (χ0n) is 20.0. The molecule has 2 aromatic rings. The van der Waals surface area contributed by atoms with Crippen LogP contribution >= 0.6 is 11.6 Å². The van der Waals surface area contributed by atoms with E-state index in [0.29, 0.717) is 23.0 Å². The standard InChI is InChI=1S/C24H32ClN3O5S/c1-5-6-14-26-24(30)18(2)27(16-19-8-7-9-20(25)15-19)23(29)17-28(34(4,31)32)21-10-12-22(33-3)13-11-21/h7-13,15,18H,5-6,14,16-17H2,1-4H3,(H,26,30)/t18-/m1/s1. The zero-order chi connectivity index (χ0) is 25.3. The molecule has 0 unspecified atom stereocenters. The summed E-state index contributed by atoms with van der Waals surface area (Å²) in [6, 6.07) is 12.5. The number of unbranched alkanes of at least 4 members (excludes halogenated alkanes) is 1. The number of ether oxygens (including phenoxy) is 1. The second kappa shape index (κ2) is 12.6. The molecule has 0 heterocycles.